The Kier molecular flexibility index (Phi) is 4.28. The smallest absolute Gasteiger partial charge is 0.309 e. The minimum absolute atomic E-state index is 0.188. The molecule has 2 heterocycles. The molecule has 0 aromatic carbocycles. The molecule has 21 heavy (non-hydrogen) atoms. The normalized spacial score (nSPS) is 44.0. The van der Waals surface area contributed by atoms with Crippen molar-refractivity contribution in [3.8, 4) is 0 Å². The third-order valence-electron chi connectivity index (χ3n) is 6.34. The van der Waals surface area contributed by atoms with Crippen molar-refractivity contribution in [2.75, 3.05) is 19.8 Å². The van der Waals surface area contributed by atoms with Crippen molar-refractivity contribution in [1.29, 1.82) is 0 Å². The summed E-state index contributed by atoms with van der Waals surface area (Å²) in [4.78, 5) is 12.1. The number of hydrogen-bond acceptors (Lipinski definition) is 3. The van der Waals surface area contributed by atoms with Gasteiger partial charge in [-0.15, -0.1) is 0 Å². The molecule has 3 rings (SSSR count). The van der Waals surface area contributed by atoms with Crippen LogP contribution in [-0.2, 0) is 14.3 Å². The van der Waals surface area contributed by atoms with Crippen LogP contribution in [0.3, 0.4) is 0 Å². The molecule has 4 nitrogen and oxygen atoms in total. The van der Waals surface area contributed by atoms with Gasteiger partial charge in [-0.05, 0) is 50.4 Å². The fourth-order valence-corrected chi connectivity index (χ4v) is 4.76. The lowest BCUT2D eigenvalue weighted by Gasteiger charge is -2.47. The van der Waals surface area contributed by atoms with Crippen LogP contribution < -0.4 is 0 Å². The van der Waals surface area contributed by atoms with Crippen LogP contribution in [0.2, 0.25) is 0 Å². The Balaban J connectivity index is 1.76. The Morgan fingerprint density at radius 2 is 1.95 bits per heavy atom. The summed E-state index contributed by atoms with van der Waals surface area (Å²) < 4.78 is 11.5. The standard InChI is InChI=1S/C17H28O4/c1-2-13-3-6-17(7-4-13,15(18)19)14-5-9-21-16(11-14)8-10-20-12-16/h13-14H,2-12H2,1H3,(H,18,19). The number of aliphatic carboxylic acids is 1. The first-order valence-electron chi connectivity index (χ1n) is 8.55. The SMILES string of the molecule is CCC1CCC(C(=O)O)(C2CCOC3(CCOC3)C2)CC1. The quantitative estimate of drug-likeness (QED) is 0.868. The molecule has 3 aliphatic rings. The van der Waals surface area contributed by atoms with Crippen molar-refractivity contribution in [3.63, 3.8) is 0 Å². The third kappa shape index (κ3) is 2.72. The van der Waals surface area contributed by atoms with Gasteiger partial charge >= 0.3 is 5.97 Å². The zero-order valence-corrected chi connectivity index (χ0v) is 13.1. The van der Waals surface area contributed by atoms with E-state index < -0.39 is 11.4 Å². The first kappa shape index (κ1) is 15.3. The second kappa shape index (κ2) is 5.88. The van der Waals surface area contributed by atoms with Gasteiger partial charge in [0.2, 0.25) is 0 Å². The highest BCUT2D eigenvalue weighted by atomic mass is 16.6. The Bertz CT molecular complexity index is 378. The molecule has 4 heteroatoms. The first-order chi connectivity index (χ1) is 10.1. The van der Waals surface area contributed by atoms with Gasteiger partial charge < -0.3 is 14.6 Å². The van der Waals surface area contributed by atoms with Crippen LogP contribution in [-0.4, -0.2) is 36.5 Å². The first-order valence-corrected chi connectivity index (χ1v) is 8.55. The summed E-state index contributed by atoms with van der Waals surface area (Å²) in [6.45, 7) is 4.32. The van der Waals surface area contributed by atoms with E-state index in [4.69, 9.17) is 9.47 Å². The maximum atomic E-state index is 12.1. The van der Waals surface area contributed by atoms with Crippen molar-refractivity contribution in [3.05, 3.63) is 0 Å². The second-order valence-electron chi connectivity index (χ2n) is 7.34. The van der Waals surface area contributed by atoms with Gasteiger partial charge in [0.1, 0.15) is 0 Å². The number of carboxylic acids is 1. The molecular weight excluding hydrogens is 268 g/mol. The molecule has 1 N–H and O–H groups in total. The summed E-state index contributed by atoms with van der Waals surface area (Å²) in [6, 6.07) is 0. The van der Waals surface area contributed by atoms with E-state index in [1.54, 1.807) is 0 Å². The molecule has 0 bridgehead atoms. The highest BCUT2D eigenvalue weighted by Gasteiger charge is 2.52. The van der Waals surface area contributed by atoms with Crippen molar-refractivity contribution in [1.82, 2.24) is 0 Å². The van der Waals surface area contributed by atoms with Gasteiger partial charge in [0, 0.05) is 19.6 Å². The zero-order chi connectivity index (χ0) is 14.9. The lowest BCUT2D eigenvalue weighted by Crippen LogP contribution is -2.50. The summed E-state index contributed by atoms with van der Waals surface area (Å²) in [7, 11) is 0. The van der Waals surface area contributed by atoms with Gasteiger partial charge in [-0.2, -0.15) is 0 Å². The molecular formula is C17H28O4. The summed E-state index contributed by atoms with van der Waals surface area (Å²) in [5.41, 5.74) is -0.696. The van der Waals surface area contributed by atoms with E-state index in [9.17, 15) is 9.90 Å². The van der Waals surface area contributed by atoms with Gasteiger partial charge in [0.25, 0.3) is 0 Å². The van der Waals surface area contributed by atoms with Crippen molar-refractivity contribution in [2.45, 2.75) is 63.9 Å². The molecule has 2 unspecified atom stereocenters. The summed E-state index contributed by atoms with van der Waals surface area (Å²) >= 11 is 0. The van der Waals surface area contributed by atoms with Gasteiger partial charge in [-0.25, -0.2) is 0 Å². The molecule has 120 valence electrons. The molecule has 1 aliphatic carbocycles. The molecule has 3 fully saturated rings. The average Bonchev–Trinajstić information content (AvgIpc) is 2.95. The molecule has 0 aromatic rings. The van der Waals surface area contributed by atoms with E-state index in [2.05, 4.69) is 6.92 Å². The number of hydrogen-bond donors (Lipinski definition) is 1. The van der Waals surface area contributed by atoms with E-state index in [0.29, 0.717) is 13.2 Å². The van der Waals surface area contributed by atoms with E-state index in [-0.39, 0.29) is 11.5 Å². The van der Waals surface area contributed by atoms with E-state index in [1.807, 2.05) is 0 Å². The number of carboxylic acid groups (broad SMARTS) is 1. The Hall–Kier alpha value is -0.610. The minimum Gasteiger partial charge on any atom is -0.481 e. The topological polar surface area (TPSA) is 55.8 Å². The number of ether oxygens (including phenoxy) is 2. The highest BCUT2D eigenvalue weighted by Crippen LogP contribution is 2.52. The molecule has 2 aliphatic heterocycles. The van der Waals surface area contributed by atoms with Gasteiger partial charge in [-0.1, -0.05) is 13.3 Å². The Labute approximate surface area is 127 Å². The molecule has 0 aromatic heterocycles. The predicted molar refractivity (Wildman–Crippen MR) is 79.2 cm³/mol. The van der Waals surface area contributed by atoms with Crippen LogP contribution >= 0.6 is 0 Å². The van der Waals surface area contributed by atoms with Crippen molar-refractivity contribution in [2.24, 2.45) is 17.3 Å². The Morgan fingerprint density at radius 1 is 1.19 bits per heavy atom. The number of rotatable bonds is 3. The summed E-state index contributed by atoms with van der Waals surface area (Å²) in [5.74, 6) is 0.405. The van der Waals surface area contributed by atoms with Crippen molar-refractivity contribution >= 4 is 5.97 Å². The maximum absolute atomic E-state index is 12.1. The largest absolute Gasteiger partial charge is 0.481 e. The van der Waals surface area contributed by atoms with Gasteiger partial charge in [0.05, 0.1) is 17.6 Å². The van der Waals surface area contributed by atoms with E-state index >= 15 is 0 Å². The van der Waals surface area contributed by atoms with E-state index in [0.717, 1.165) is 57.5 Å². The van der Waals surface area contributed by atoms with Crippen LogP contribution in [0.25, 0.3) is 0 Å². The fraction of sp³-hybridized carbons (Fsp3) is 0.941. The molecule has 1 saturated carbocycles. The van der Waals surface area contributed by atoms with Crippen LogP contribution in [0.1, 0.15) is 58.3 Å². The summed E-state index contributed by atoms with van der Waals surface area (Å²) in [6.07, 6.45) is 7.72. The van der Waals surface area contributed by atoms with Gasteiger partial charge in [0.15, 0.2) is 0 Å². The van der Waals surface area contributed by atoms with Crippen LogP contribution in [0.5, 0.6) is 0 Å². The predicted octanol–water partition coefficient (Wildman–Crippen LogP) is 3.24. The van der Waals surface area contributed by atoms with E-state index in [1.165, 1.54) is 6.42 Å². The zero-order valence-electron chi connectivity index (χ0n) is 13.1. The third-order valence-corrected chi connectivity index (χ3v) is 6.34. The summed E-state index contributed by atoms with van der Waals surface area (Å²) in [5, 5.41) is 9.96. The molecule has 0 radical (unpaired) electrons. The molecule has 2 saturated heterocycles. The highest BCUT2D eigenvalue weighted by molar-refractivity contribution is 5.75. The Morgan fingerprint density at radius 3 is 2.52 bits per heavy atom. The lowest BCUT2D eigenvalue weighted by molar-refractivity contribution is -0.168. The maximum Gasteiger partial charge on any atom is 0.309 e. The minimum atomic E-state index is -0.571. The van der Waals surface area contributed by atoms with Crippen LogP contribution in [0, 0.1) is 17.3 Å². The van der Waals surface area contributed by atoms with Gasteiger partial charge in [-0.3, -0.25) is 4.79 Å². The van der Waals surface area contributed by atoms with Crippen LogP contribution in [0.4, 0.5) is 0 Å². The molecule has 0 amide bonds. The number of carbonyl (C=O) groups is 1. The fourth-order valence-electron chi connectivity index (χ4n) is 4.76. The monoisotopic (exact) mass is 296 g/mol. The molecule has 2 atom stereocenters. The van der Waals surface area contributed by atoms with Crippen LogP contribution in [0.15, 0.2) is 0 Å². The van der Waals surface area contributed by atoms with Crippen molar-refractivity contribution < 1.29 is 19.4 Å². The average molecular weight is 296 g/mol. The molecule has 1 spiro atoms. The lowest BCUT2D eigenvalue weighted by atomic mass is 9.59. The second-order valence-corrected chi connectivity index (χ2v) is 7.34.